The zero-order chi connectivity index (χ0) is 14.5. The highest BCUT2D eigenvalue weighted by molar-refractivity contribution is 5.48. The molecule has 110 valence electrons. The summed E-state index contributed by atoms with van der Waals surface area (Å²) >= 11 is 0. The highest BCUT2D eigenvalue weighted by Gasteiger charge is 2.25. The largest absolute Gasteiger partial charge is 0.483 e. The van der Waals surface area contributed by atoms with E-state index >= 15 is 0 Å². The number of nitro groups is 1. The second kappa shape index (κ2) is 6.67. The topological polar surface area (TPSA) is 87.6 Å². The fraction of sp³-hybridized carbons (Fsp3) is 0.571. The molecule has 6 nitrogen and oxygen atoms in total. The lowest BCUT2D eigenvalue weighted by Crippen LogP contribution is -2.29. The average molecular weight is 280 g/mol. The van der Waals surface area contributed by atoms with Gasteiger partial charge in [0.15, 0.2) is 5.75 Å². The molecule has 0 aromatic heterocycles. The molecule has 2 atom stereocenters. The van der Waals surface area contributed by atoms with Gasteiger partial charge in [-0.2, -0.15) is 0 Å². The van der Waals surface area contributed by atoms with Crippen LogP contribution >= 0.6 is 0 Å². The van der Waals surface area contributed by atoms with Crippen molar-refractivity contribution in [3.63, 3.8) is 0 Å². The van der Waals surface area contributed by atoms with Crippen LogP contribution in [0, 0.1) is 10.1 Å². The van der Waals surface area contributed by atoms with Crippen LogP contribution in [0.4, 0.5) is 5.69 Å². The molecule has 6 heteroatoms. The van der Waals surface area contributed by atoms with Crippen molar-refractivity contribution in [1.29, 1.82) is 0 Å². The van der Waals surface area contributed by atoms with Crippen molar-refractivity contribution in [3.05, 3.63) is 33.9 Å². The minimum atomic E-state index is -0.424. The Labute approximate surface area is 118 Å². The molecular formula is C14H20N2O4. The third-order valence-corrected chi connectivity index (χ3v) is 3.66. The lowest BCUT2D eigenvalue weighted by molar-refractivity contribution is -0.386. The lowest BCUT2D eigenvalue weighted by Gasteiger charge is -2.28. The molecule has 1 aromatic rings. The van der Waals surface area contributed by atoms with Gasteiger partial charge in [-0.1, -0.05) is 6.07 Å². The van der Waals surface area contributed by atoms with Crippen LogP contribution in [-0.4, -0.2) is 24.2 Å². The molecule has 0 heterocycles. The van der Waals surface area contributed by atoms with Crippen LogP contribution in [0.3, 0.4) is 0 Å². The second-order valence-electron chi connectivity index (χ2n) is 5.03. The van der Waals surface area contributed by atoms with Crippen molar-refractivity contribution in [3.8, 4) is 5.75 Å². The summed E-state index contributed by atoms with van der Waals surface area (Å²) in [6, 6.07) is 4.77. The van der Waals surface area contributed by atoms with Crippen LogP contribution < -0.4 is 10.5 Å². The molecule has 1 aliphatic rings. The van der Waals surface area contributed by atoms with Crippen molar-refractivity contribution in [2.75, 3.05) is 7.11 Å². The molecule has 0 amide bonds. The normalized spacial score (nSPS) is 22.5. The maximum Gasteiger partial charge on any atom is 0.310 e. The van der Waals surface area contributed by atoms with E-state index < -0.39 is 4.92 Å². The molecule has 0 radical (unpaired) electrons. The van der Waals surface area contributed by atoms with Crippen LogP contribution in [-0.2, 0) is 11.3 Å². The zero-order valence-electron chi connectivity index (χ0n) is 11.6. The lowest BCUT2D eigenvalue weighted by atomic mass is 9.95. The molecule has 1 aliphatic carbocycles. The third-order valence-electron chi connectivity index (χ3n) is 3.66. The molecule has 1 aromatic carbocycles. The number of nitro benzene ring substituents is 1. The Hall–Kier alpha value is -1.66. The van der Waals surface area contributed by atoms with E-state index in [4.69, 9.17) is 15.2 Å². The number of methoxy groups -OCH3 is 1. The first-order chi connectivity index (χ1) is 9.63. The van der Waals surface area contributed by atoms with Crippen molar-refractivity contribution in [1.82, 2.24) is 0 Å². The standard InChI is InChI=1S/C14H20N2O4/c1-19-11-3-2-4-12(8-11)20-14-7-10(9-15)5-6-13(14)16(17)18/h5-7,11-12H,2-4,8-9,15H2,1H3. The van der Waals surface area contributed by atoms with Gasteiger partial charge in [-0.05, 0) is 30.9 Å². The van der Waals surface area contributed by atoms with Gasteiger partial charge in [-0.15, -0.1) is 0 Å². The Morgan fingerprint density at radius 1 is 1.40 bits per heavy atom. The van der Waals surface area contributed by atoms with Gasteiger partial charge in [0, 0.05) is 26.1 Å². The van der Waals surface area contributed by atoms with Crippen LogP contribution in [0.2, 0.25) is 0 Å². The van der Waals surface area contributed by atoms with Crippen molar-refractivity contribution >= 4 is 5.69 Å². The van der Waals surface area contributed by atoms with E-state index in [1.807, 2.05) is 0 Å². The predicted molar refractivity (Wildman–Crippen MR) is 74.7 cm³/mol. The van der Waals surface area contributed by atoms with Gasteiger partial charge in [0.2, 0.25) is 0 Å². The molecule has 1 fully saturated rings. The van der Waals surface area contributed by atoms with Crippen molar-refractivity contribution < 1.29 is 14.4 Å². The molecule has 20 heavy (non-hydrogen) atoms. The van der Waals surface area contributed by atoms with E-state index in [9.17, 15) is 10.1 Å². The molecule has 2 unspecified atom stereocenters. The molecule has 1 saturated carbocycles. The smallest absolute Gasteiger partial charge is 0.310 e. The summed E-state index contributed by atoms with van der Waals surface area (Å²) in [6.07, 6.45) is 3.81. The number of nitrogens with two attached hydrogens (primary N) is 1. The van der Waals surface area contributed by atoms with E-state index in [0.717, 1.165) is 31.2 Å². The quantitative estimate of drug-likeness (QED) is 0.661. The van der Waals surface area contributed by atoms with Gasteiger partial charge in [-0.3, -0.25) is 10.1 Å². The molecule has 0 spiro atoms. The number of hydrogen-bond acceptors (Lipinski definition) is 5. The van der Waals surface area contributed by atoms with Crippen LogP contribution in [0.15, 0.2) is 18.2 Å². The SMILES string of the molecule is COC1CCCC(Oc2cc(CN)ccc2[N+](=O)[O-])C1. The van der Waals surface area contributed by atoms with Gasteiger partial charge in [0.05, 0.1) is 11.0 Å². The Bertz CT molecular complexity index is 478. The van der Waals surface area contributed by atoms with E-state index in [2.05, 4.69) is 0 Å². The minimum absolute atomic E-state index is 0.0123. The summed E-state index contributed by atoms with van der Waals surface area (Å²) < 4.78 is 11.2. The summed E-state index contributed by atoms with van der Waals surface area (Å²) in [4.78, 5) is 10.6. The molecular weight excluding hydrogens is 260 g/mol. The minimum Gasteiger partial charge on any atom is -0.483 e. The van der Waals surface area contributed by atoms with E-state index in [-0.39, 0.29) is 17.9 Å². The molecule has 2 N–H and O–H groups in total. The number of rotatable bonds is 5. The fourth-order valence-corrected chi connectivity index (χ4v) is 2.53. The monoisotopic (exact) mass is 280 g/mol. The predicted octanol–water partition coefficient (Wildman–Crippen LogP) is 2.39. The third kappa shape index (κ3) is 3.46. The first-order valence-corrected chi connectivity index (χ1v) is 6.81. The first kappa shape index (κ1) is 14.7. The highest BCUT2D eigenvalue weighted by Crippen LogP contribution is 2.32. The average Bonchev–Trinajstić information content (AvgIpc) is 2.47. The number of benzene rings is 1. The highest BCUT2D eigenvalue weighted by atomic mass is 16.6. The summed E-state index contributed by atoms with van der Waals surface area (Å²) in [5.41, 5.74) is 6.39. The summed E-state index contributed by atoms with van der Waals surface area (Å²) in [5.74, 6) is 0.305. The second-order valence-corrected chi connectivity index (χ2v) is 5.03. The first-order valence-electron chi connectivity index (χ1n) is 6.81. The van der Waals surface area contributed by atoms with E-state index in [1.165, 1.54) is 6.07 Å². The Morgan fingerprint density at radius 3 is 2.80 bits per heavy atom. The van der Waals surface area contributed by atoms with Crippen molar-refractivity contribution in [2.24, 2.45) is 5.73 Å². The molecule has 0 saturated heterocycles. The Kier molecular flexibility index (Phi) is 4.92. The van der Waals surface area contributed by atoms with Gasteiger partial charge >= 0.3 is 5.69 Å². The Morgan fingerprint density at radius 2 is 2.15 bits per heavy atom. The van der Waals surface area contributed by atoms with Gasteiger partial charge in [0.25, 0.3) is 0 Å². The Balaban J connectivity index is 2.16. The molecule has 2 rings (SSSR count). The molecule has 0 aliphatic heterocycles. The fourth-order valence-electron chi connectivity index (χ4n) is 2.53. The maximum atomic E-state index is 11.1. The number of ether oxygens (including phenoxy) is 2. The number of hydrogen-bond donors (Lipinski definition) is 1. The maximum absolute atomic E-state index is 11.1. The van der Waals surface area contributed by atoms with Crippen molar-refractivity contribution in [2.45, 2.75) is 44.4 Å². The summed E-state index contributed by atoms with van der Waals surface area (Å²) in [6.45, 7) is 0.333. The molecule has 0 bridgehead atoms. The van der Waals surface area contributed by atoms with Gasteiger partial charge in [0.1, 0.15) is 6.10 Å². The van der Waals surface area contributed by atoms with Crippen LogP contribution in [0.25, 0.3) is 0 Å². The van der Waals surface area contributed by atoms with Gasteiger partial charge in [-0.25, -0.2) is 0 Å². The van der Waals surface area contributed by atoms with E-state index in [1.54, 1.807) is 19.2 Å². The van der Waals surface area contributed by atoms with Gasteiger partial charge < -0.3 is 15.2 Å². The van der Waals surface area contributed by atoms with Crippen LogP contribution in [0.5, 0.6) is 5.75 Å². The zero-order valence-corrected chi connectivity index (χ0v) is 11.6. The summed E-state index contributed by atoms with van der Waals surface area (Å²) in [5, 5.41) is 11.1. The van der Waals surface area contributed by atoms with E-state index in [0.29, 0.717) is 12.3 Å². The summed E-state index contributed by atoms with van der Waals surface area (Å²) in [7, 11) is 1.69. The number of nitrogens with zero attached hydrogens (tertiary/aromatic N) is 1. The van der Waals surface area contributed by atoms with Crippen LogP contribution in [0.1, 0.15) is 31.2 Å².